The van der Waals surface area contributed by atoms with Crippen LogP contribution in [-0.2, 0) is 6.54 Å². The number of halogens is 3. The standard InChI is InChI=1S/C17H10ClF2N3O4/c18-9-1-4-15(23(25)26)13(5-9)17(24)21-8-11-7-16(27-22-11)12-3-2-10(19)6-14(12)20/h1-7H,8H2,(H,21,24). The molecule has 0 spiro atoms. The summed E-state index contributed by atoms with van der Waals surface area (Å²) in [6, 6.07) is 7.95. The predicted molar refractivity (Wildman–Crippen MR) is 91.1 cm³/mol. The van der Waals surface area contributed by atoms with Crippen LogP contribution in [0.4, 0.5) is 14.5 Å². The second-order valence-corrected chi connectivity index (χ2v) is 5.84. The van der Waals surface area contributed by atoms with Gasteiger partial charge in [-0.2, -0.15) is 0 Å². The maximum absolute atomic E-state index is 13.8. The third-order valence-corrected chi connectivity index (χ3v) is 3.82. The number of nitro groups is 1. The van der Waals surface area contributed by atoms with Crippen LogP contribution < -0.4 is 5.32 Å². The number of rotatable bonds is 5. The molecule has 2 aromatic carbocycles. The summed E-state index contributed by atoms with van der Waals surface area (Å²) in [5.41, 5.74) is -0.356. The van der Waals surface area contributed by atoms with E-state index >= 15 is 0 Å². The summed E-state index contributed by atoms with van der Waals surface area (Å²) >= 11 is 5.79. The number of carbonyl (C=O) groups excluding carboxylic acids is 1. The number of carbonyl (C=O) groups is 1. The summed E-state index contributed by atoms with van der Waals surface area (Å²) < 4.78 is 31.7. The average molecular weight is 394 g/mol. The van der Waals surface area contributed by atoms with Crippen molar-refractivity contribution in [3.05, 3.63) is 80.5 Å². The summed E-state index contributed by atoms with van der Waals surface area (Å²) in [7, 11) is 0. The lowest BCUT2D eigenvalue weighted by molar-refractivity contribution is -0.385. The third-order valence-electron chi connectivity index (χ3n) is 3.59. The van der Waals surface area contributed by atoms with Crippen LogP contribution in [0.5, 0.6) is 0 Å². The molecule has 138 valence electrons. The minimum absolute atomic E-state index is 0.00644. The molecule has 0 saturated carbocycles. The molecule has 0 radical (unpaired) electrons. The van der Waals surface area contributed by atoms with Gasteiger partial charge in [-0.05, 0) is 24.3 Å². The molecule has 0 aliphatic carbocycles. The smallest absolute Gasteiger partial charge is 0.282 e. The molecule has 0 aliphatic heterocycles. The molecule has 0 unspecified atom stereocenters. The van der Waals surface area contributed by atoms with Crippen molar-refractivity contribution in [2.45, 2.75) is 6.54 Å². The molecule has 3 rings (SSSR count). The molecule has 7 nitrogen and oxygen atoms in total. The summed E-state index contributed by atoms with van der Waals surface area (Å²) in [5.74, 6) is -2.24. The van der Waals surface area contributed by atoms with E-state index in [9.17, 15) is 23.7 Å². The van der Waals surface area contributed by atoms with Gasteiger partial charge >= 0.3 is 0 Å². The fourth-order valence-electron chi connectivity index (χ4n) is 2.33. The first-order valence-electron chi connectivity index (χ1n) is 7.48. The second-order valence-electron chi connectivity index (χ2n) is 5.41. The Hall–Kier alpha value is -3.33. The zero-order valence-electron chi connectivity index (χ0n) is 13.4. The van der Waals surface area contributed by atoms with Crippen molar-refractivity contribution >= 4 is 23.2 Å². The molecule has 0 bridgehead atoms. The van der Waals surface area contributed by atoms with Crippen molar-refractivity contribution in [1.82, 2.24) is 10.5 Å². The summed E-state index contributed by atoms with van der Waals surface area (Å²) in [4.78, 5) is 22.6. The highest BCUT2D eigenvalue weighted by Gasteiger charge is 2.21. The molecule has 1 N–H and O–H groups in total. The molecule has 0 fully saturated rings. The molecule has 0 saturated heterocycles. The maximum Gasteiger partial charge on any atom is 0.282 e. The minimum Gasteiger partial charge on any atom is -0.356 e. The number of nitrogens with one attached hydrogen (secondary N) is 1. The van der Waals surface area contributed by atoms with E-state index in [0.29, 0.717) is 6.07 Å². The van der Waals surface area contributed by atoms with Crippen molar-refractivity contribution in [1.29, 1.82) is 0 Å². The van der Waals surface area contributed by atoms with Gasteiger partial charge in [0.05, 0.1) is 17.0 Å². The van der Waals surface area contributed by atoms with Crippen molar-refractivity contribution < 1.29 is 23.0 Å². The van der Waals surface area contributed by atoms with Gasteiger partial charge in [0.1, 0.15) is 22.9 Å². The fraction of sp³-hybridized carbons (Fsp3) is 0.0588. The van der Waals surface area contributed by atoms with Crippen molar-refractivity contribution in [3.63, 3.8) is 0 Å². The zero-order chi connectivity index (χ0) is 19.6. The van der Waals surface area contributed by atoms with E-state index in [-0.39, 0.29) is 34.1 Å². The molecular formula is C17H10ClF2N3O4. The van der Waals surface area contributed by atoms with Gasteiger partial charge < -0.3 is 9.84 Å². The Bertz CT molecular complexity index is 1040. The maximum atomic E-state index is 13.8. The number of benzene rings is 2. The molecule has 3 aromatic rings. The molecule has 1 aromatic heterocycles. The fourth-order valence-corrected chi connectivity index (χ4v) is 2.50. The van der Waals surface area contributed by atoms with Gasteiger partial charge in [-0.25, -0.2) is 8.78 Å². The molecular weight excluding hydrogens is 384 g/mol. The van der Waals surface area contributed by atoms with Gasteiger partial charge in [0, 0.05) is 23.2 Å². The molecule has 10 heteroatoms. The van der Waals surface area contributed by atoms with E-state index in [2.05, 4.69) is 10.5 Å². The van der Waals surface area contributed by atoms with Gasteiger partial charge in [0.15, 0.2) is 5.76 Å². The monoisotopic (exact) mass is 393 g/mol. The Morgan fingerprint density at radius 1 is 1.22 bits per heavy atom. The highest BCUT2D eigenvalue weighted by Crippen LogP contribution is 2.25. The molecule has 1 amide bonds. The lowest BCUT2D eigenvalue weighted by Crippen LogP contribution is -2.23. The Balaban J connectivity index is 1.75. The lowest BCUT2D eigenvalue weighted by atomic mass is 10.1. The van der Waals surface area contributed by atoms with E-state index in [1.807, 2.05) is 0 Å². The van der Waals surface area contributed by atoms with Crippen LogP contribution in [-0.4, -0.2) is 16.0 Å². The van der Waals surface area contributed by atoms with Crippen LogP contribution in [0.25, 0.3) is 11.3 Å². The van der Waals surface area contributed by atoms with Gasteiger partial charge in [0.2, 0.25) is 0 Å². The van der Waals surface area contributed by atoms with Crippen molar-refractivity contribution in [3.8, 4) is 11.3 Å². The summed E-state index contributed by atoms with van der Waals surface area (Å²) in [6.45, 7) is -0.130. The number of aromatic nitrogens is 1. The lowest BCUT2D eigenvalue weighted by Gasteiger charge is -2.04. The minimum atomic E-state index is -0.823. The van der Waals surface area contributed by atoms with E-state index in [1.54, 1.807) is 0 Å². The first kappa shape index (κ1) is 18.5. The first-order chi connectivity index (χ1) is 12.8. The number of amides is 1. The first-order valence-corrected chi connectivity index (χ1v) is 7.86. The molecule has 0 aliphatic rings. The largest absolute Gasteiger partial charge is 0.356 e. The topological polar surface area (TPSA) is 98.3 Å². The molecule has 0 atom stereocenters. The van der Waals surface area contributed by atoms with Crippen LogP contribution in [0, 0.1) is 21.7 Å². The second kappa shape index (κ2) is 7.50. The Labute approximate surface area is 155 Å². The number of hydrogen-bond acceptors (Lipinski definition) is 5. The van der Waals surface area contributed by atoms with Crippen LogP contribution in [0.15, 0.2) is 47.0 Å². The van der Waals surface area contributed by atoms with Gasteiger partial charge in [-0.15, -0.1) is 0 Å². The van der Waals surface area contributed by atoms with Crippen LogP contribution in [0.2, 0.25) is 5.02 Å². The van der Waals surface area contributed by atoms with E-state index in [0.717, 1.165) is 12.1 Å². The average Bonchev–Trinajstić information content (AvgIpc) is 3.08. The summed E-state index contributed by atoms with van der Waals surface area (Å²) in [6.07, 6.45) is 0. The molecule has 1 heterocycles. The highest BCUT2D eigenvalue weighted by molar-refractivity contribution is 6.31. The van der Waals surface area contributed by atoms with Crippen LogP contribution in [0.1, 0.15) is 16.1 Å². The van der Waals surface area contributed by atoms with Crippen LogP contribution >= 0.6 is 11.6 Å². The zero-order valence-corrected chi connectivity index (χ0v) is 14.2. The number of hydrogen-bond donors (Lipinski definition) is 1. The third kappa shape index (κ3) is 4.09. The highest BCUT2D eigenvalue weighted by atomic mass is 35.5. The van der Waals surface area contributed by atoms with E-state index in [1.165, 1.54) is 24.3 Å². The predicted octanol–water partition coefficient (Wildman–Crippen LogP) is 4.11. The Morgan fingerprint density at radius 3 is 2.70 bits per heavy atom. The van der Waals surface area contributed by atoms with Gasteiger partial charge in [0.25, 0.3) is 11.6 Å². The number of nitrogens with zero attached hydrogens (tertiary/aromatic N) is 2. The van der Waals surface area contributed by atoms with Crippen molar-refractivity contribution in [2.75, 3.05) is 0 Å². The van der Waals surface area contributed by atoms with Gasteiger partial charge in [-0.3, -0.25) is 14.9 Å². The Morgan fingerprint density at radius 2 is 2.00 bits per heavy atom. The Kier molecular flexibility index (Phi) is 5.13. The quantitative estimate of drug-likeness (QED) is 0.519. The van der Waals surface area contributed by atoms with Crippen molar-refractivity contribution in [2.24, 2.45) is 0 Å². The molecule has 27 heavy (non-hydrogen) atoms. The SMILES string of the molecule is O=C(NCc1cc(-c2ccc(F)cc2F)on1)c1cc(Cl)ccc1[N+](=O)[O-]. The normalized spacial score (nSPS) is 10.6. The number of nitro benzene ring substituents is 1. The van der Waals surface area contributed by atoms with Crippen LogP contribution in [0.3, 0.4) is 0 Å². The van der Waals surface area contributed by atoms with E-state index in [4.69, 9.17) is 16.1 Å². The van der Waals surface area contributed by atoms with E-state index < -0.39 is 28.2 Å². The summed E-state index contributed by atoms with van der Waals surface area (Å²) in [5, 5.41) is 17.3. The van der Waals surface area contributed by atoms with Gasteiger partial charge in [-0.1, -0.05) is 16.8 Å².